The third-order valence-corrected chi connectivity index (χ3v) is 4.24. The van der Waals surface area contributed by atoms with Crippen LogP contribution >= 0.6 is 0 Å². The Balaban J connectivity index is 1.75. The minimum atomic E-state index is -0.498. The molecule has 8 heteroatoms. The van der Waals surface area contributed by atoms with Gasteiger partial charge in [-0.15, -0.1) is 0 Å². The molecule has 2 rings (SSSR count). The molecule has 0 radical (unpaired) electrons. The molecular weight excluding hydrogens is 375 g/mol. The maximum Gasteiger partial charge on any atom is 0.315 e. The van der Waals surface area contributed by atoms with Crippen molar-refractivity contribution in [1.29, 1.82) is 0 Å². The predicted octanol–water partition coefficient (Wildman–Crippen LogP) is 2.75. The molecule has 4 amide bonds. The van der Waals surface area contributed by atoms with Gasteiger partial charge < -0.3 is 20.9 Å². The summed E-state index contributed by atoms with van der Waals surface area (Å²) in [6.07, 6.45) is 0. The van der Waals surface area contributed by atoms with E-state index in [1.807, 2.05) is 13.8 Å². The van der Waals surface area contributed by atoms with Crippen LogP contribution in [0.1, 0.15) is 29.8 Å². The second-order valence-corrected chi connectivity index (χ2v) is 6.27. The third-order valence-electron chi connectivity index (χ3n) is 4.24. The first kappa shape index (κ1) is 21.9. The van der Waals surface area contributed by atoms with Crippen LogP contribution in [0.2, 0.25) is 0 Å². The van der Waals surface area contributed by atoms with Crippen molar-refractivity contribution in [3.63, 3.8) is 0 Å². The molecule has 29 heavy (non-hydrogen) atoms. The van der Waals surface area contributed by atoms with Crippen molar-refractivity contribution in [2.24, 2.45) is 0 Å². The van der Waals surface area contributed by atoms with Crippen molar-refractivity contribution in [3.05, 3.63) is 65.5 Å². The highest BCUT2D eigenvalue weighted by Gasteiger charge is 2.12. The van der Waals surface area contributed by atoms with Gasteiger partial charge in [-0.1, -0.05) is 12.1 Å². The van der Waals surface area contributed by atoms with Gasteiger partial charge in [-0.05, 0) is 55.8 Å². The number of benzene rings is 2. The summed E-state index contributed by atoms with van der Waals surface area (Å²) < 4.78 is 12.8. The Kier molecular flexibility index (Phi) is 8.14. The molecule has 0 aromatic heterocycles. The van der Waals surface area contributed by atoms with E-state index in [4.69, 9.17) is 0 Å². The topological polar surface area (TPSA) is 90.5 Å². The van der Waals surface area contributed by atoms with Gasteiger partial charge in [0.25, 0.3) is 5.91 Å². The summed E-state index contributed by atoms with van der Waals surface area (Å²) in [6.45, 7) is 5.18. The monoisotopic (exact) mass is 400 g/mol. The average molecular weight is 400 g/mol. The third kappa shape index (κ3) is 6.91. The van der Waals surface area contributed by atoms with Gasteiger partial charge in [0.1, 0.15) is 5.82 Å². The first-order valence-electron chi connectivity index (χ1n) is 9.38. The quantitative estimate of drug-likeness (QED) is 0.636. The summed E-state index contributed by atoms with van der Waals surface area (Å²) >= 11 is 0. The van der Waals surface area contributed by atoms with Crippen molar-refractivity contribution in [2.75, 3.05) is 25.0 Å². The summed E-state index contributed by atoms with van der Waals surface area (Å²) in [5.41, 5.74) is 1.87. The molecule has 2 aromatic carbocycles. The van der Waals surface area contributed by atoms with Gasteiger partial charge in [-0.2, -0.15) is 0 Å². The zero-order chi connectivity index (χ0) is 21.2. The van der Waals surface area contributed by atoms with Gasteiger partial charge in [0.15, 0.2) is 0 Å². The van der Waals surface area contributed by atoms with Crippen LogP contribution in [-0.2, 0) is 11.3 Å². The average Bonchev–Trinajstić information content (AvgIpc) is 2.73. The fourth-order valence-corrected chi connectivity index (χ4v) is 2.60. The van der Waals surface area contributed by atoms with Crippen LogP contribution in [0, 0.1) is 5.82 Å². The number of carbonyl (C=O) groups excluding carboxylic acids is 3. The highest BCUT2D eigenvalue weighted by molar-refractivity contribution is 5.94. The van der Waals surface area contributed by atoms with Crippen molar-refractivity contribution >= 4 is 23.5 Å². The Hall–Kier alpha value is -3.42. The van der Waals surface area contributed by atoms with Gasteiger partial charge >= 0.3 is 6.03 Å². The van der Waals surface area contributed by atoms with E-state index in [1.165, 1.54) is 24.3 Å². The standard InChI is InChI=1S/C21H25FN4O3/c1-3-26(4-2)20(28)16-7-5-15(6-8-16)13-23-21(29)24-14-19(27)25-18-11-9-17(22)10-12-18/h5-12H,3-4,13-14H2,1-2H3,(H,25,27)(H2,23,24,29). The first-order chi connectivity index (χ1) is 13.9. The van der Waals surface area contributed by atoms with E-state index in [0.29, 0.717) is 24.3 Å². The molecule has 0 saturated carbocycles. The van der Waals surface area contributed by atoms with Gasteiger partial charge in [0, 0.05) is 30.9 Å². The number of rotatable bonds is 8. The molecule has 0 spiro atoms. The minimum Gasteiger partial charge on any atom is -0.339 e. The number of nitrogens with zero attached hydrogens (tertiary/aromatic N) is 1. The SMILES string of the molecule is CCN(CC)C(=O)c1ccc(CNC(=O)NCC(=O)Nc2ccc(F)cc2)cc1. The number of hydrogen-bond acceptors (Lipinski definition) is 3. The van der Waals surface area contributed by atoms with Crippen molar-refractivity contribution in [1.82, 2.24) is 15.5 Å². The summed E-state index contributed by atoms with van der Waals surface area (Å²) in [4.78, 5) is 37.7. The Labute approximate surface area is 169 Å². The zero-order valence-electron chi connectivity index (χ0n) is 16.5. The van der Waals surface area contributed by atoms with Crippen LogP contribution in [0.4, 0.5) is 14.9 Å². The van der Waals surface area contributed by atoms with Crippen molar-refractivity contribution < 1.29 is 18.8 Å². The number of carbonyl (C=O) groups is 3. The molecule has 2 aromatic rings. The van der Waals surface area contributed by atoms with Crippen LogP contribution in [0.3, 0.4) is 0 Å². The number of amides is 4. The van der Waals surface area contributed by atoms with E-state index in [9.17, 15) is 18.8 Å². The molecule has 0 aliphatic heterocycles. The van der Waals surface area contributed by atoms with Crippen LogP contribution < -0.4 is 16.0 Å². The molecule has 0 unspecified atom stereocenters. The maximum atomic E-state index is 12.8. The molecule has 7 nitrogen and oxygen atoms in total. The van der Waals surface area contributed by atoms with Crippen LogP contribution in [0.5, 0.6) is 0 Å². The summed E-state index contributed by atoms with van der Waals surface area (Å²) in [5, 5.41) is 7.64. The normalized spacial score (nSPS) is 10.2. The van der Waals surface area contributed by atoms with Crippen LogP contribution in [0.25, 0.3) is 0 Å². The van der Waals surface area contributed by atoms with Gasteiger partial charge in [-0.3, -0.25) is 9.59 Å². The van der Waals surface area contributed by atoms with Crippen LogP contribution in [-0.4, -0.2) is 42.4 Å². The fraction of sp³-hybridized carbons (Fsp3) is 0.286. The molecule has 0 saturated heterocycles. The number of hydrogen-bond donors (Lipinski definition) is 3. The molecule has 154 valence electrons. The Bertz CT molecular complexity index is 834. The smallest absolute Gasteiger partial charge is 0.315 e. The highest BCUT2D eigenvalue weighted by Crippen LogP contribution is 2.09. The number of anilines is 1. The van der Waals surface area contributed by atoms with E-state index >= 15 is 0 Å². The zero-order valence-corrected chi connectivity index (χ0v) is 16.5. The Morgan fingerprint density at radius 2 is 1.52 bits per heavy atom. The van der Waals surface area contributed by atoms with E-state index < -0.39 is 17.8 Å². The summed E-state index contributed by atoms with van der Waals surface area (Å²) in [6, 6.07) is 11.8. The lowest BCUT2D eigenvalue weighted by Crippen LogP contribution is -2.39. The lowest BCUT2D eigenvalue weighted by atomic mass is 10.1. The highest BCUT2D eigenvalue weighted by atomic mass is 19.1. The summed E-state index contributed by atoms with van der Waals surface area (Å²) in [5.74, 6) is -0.851. The van der Waals surface area contributed by atoms with Gasteiger partial charge in [-0.25, -0.2) is 9.18 Å². The van der Waals surface area contributed by atoms with E-state index in [-0.39, 0.29) is 19.0 Å². The number of nitrogens with one attached hydrogen (secondary N) is 3. The molecule has 0 aliphatic rings. The molecule has 0 fully saturated rings. The van der Waals surface area contributed by atoms with Gasteiger partial charge in [0.2, 0.25) is 5.91 Å². The van der Waals surface area contributed by atoms with Crippen molar-refractivity contribution in [3.8, 4) is 0 Å². The second kappa shape index (κ2) is 10.8. The molecule has 0 bridgehead atoms. The van der Waals surface area contributed by atoms with E-state index in [2.05, 4.69) is 16.0 Å². The maximum absolute atomic E-state index is 12.8. The molecule has 3 N–H and O–H groups in total. The first-order valence-corrected chi connectivity index (χ1v) is 9.38. The Morgan fingerprint density at radius 1 is 0.897 bits per heavy atom. The van der Waals surface area contributed by atoms with Crippen LogP contribution in [0.15, 0.2) is 48.5 Å². The second-order valence-electron chi connectivity index (χ2n) is 6.27. The fourth-order valence-electron chi connectivity index (χ4n) is 2.60. The van der Waals surface area contributed by atoms with E-state index in [0.717, 1.165) is 5.56 Å². The molecule has 0 aliphatic carbocycles. The Morgan fingerprint density at radius 3 is 2.10 bits per heavy atom. The predicted molar refractivity (Wildman–Crippen MR) is 109 cm³/mol. The number of halogens is 1. The number of urea groups is 1. The van der Waals surface area contributed by atoms with Crippen molar-refractivity contribution in [2.45, 2.75) is 20.4 Å². The molecule has 0 heterocycles. The lowest BCUT2D eigenvalue weighted by Gasteiger charge is -2.18. The molecular formula is C21H25FN4O3. The minimum absolute atomic E-state index is 0.0283. The van der Waals surface area contributed by atoms with E-state index in [1.54, 1.807) is 29.2 Å². The van der Waals surface area contributed by atoms with Gasteiger partial charge in [0.05, 0.1) is 6.54 Å². The lowest BCUT2D eigenvalue weighted by molar-refractivity contribution is -0.115. The molecule has 0 atom stereocenters. The summed E-state index contributed by atoms with van der Waals surface area (Å²) in [7, 11) is 0. The largest absolute Gasteiger partial charge is 0.339 e.